The lowest BCUT2D eigenvalue weighted by atomic mass is 10.0. The zero-order chi connectivity index (χ0) is 12.9. The molecule has 2 heteroatoms. The van der Waals surface area contributed by atoms with Crippen molar-refractivity contribution in [3.63, 3.8) is 0 Å². The number of ether oxygens (including phenoxy) is 1. The van der Waals surface area contributed by atoms with E-state index in [0.29, 0.717) is 12.1 Å². The van der Waals surface area contributed by atoms with Crippen LogP contribution in [0.15, 0.2) is 12.7 Å². The number of rotatable bonds is 12. The van der Waals surface area contributed by atoms with Crippen molar-refractivity contribution in [3.8, 4) is 0 Å². The van der Waals surface area contributed by atoms with E-state index in [0.717, 1.165) is 26.0 Å². The van der Waals surface area contributed by atoms with E-state index in [9.17, 15) is 0 Å². The predicted molar refractivity (Wildman–Crippen MR) is 76.5 cm³/mol. The molecular formula is C15H31NO. The van der Waals surface area contributed by atoms with Crippen molar-refractivity contribution in [1.29, 1.82) is 0 Å². The molecule has 0 amide bonds. The second-order valence-corrected chi connectivity index (χ2v) is 4.49. The van der Waals surface area contributed by atoms with Crippen LogP contribution in [0.4, 0.5) is 0 Å². The first-order valence-corrected chi connectivity index (χ1v) is 7.25. The van der Waals surface area contributed by atoms with Gasteiger partial charge in [-0.15, -0.1) is 6.58 Å². The molecule has 0 saturated heterocycles. The molecule has 1 N–H and O–H groups in total. The van der Waals surface area contributed by atoms with Gasteiger partial charge in [-0.2, -0.15) is 0 Å². The summed E-state index contributed by atoms with van der Waals surface area (Å²) in [4.78, 5) is 0. The molecule has 2 nitrogen and oxygen atoms in total. The molecule has 0 aromatic rings. The molecule has 0 radical (unpaired) electrons. The first-order chi connectivity index (χ1) is 8.29. The summed E-state index contributed by atoms with van der Waals surface area (Å²) in [6, 6.07) is 0.522. The molecule has 0 heterocycles. The molecule has 0 fully saturated rings. The number of unbranched alkanes of at least 4 members (excludes halogenated alkanes) is 3. The summed E-state index contributed by atoms with van der Waals surface area (Å²) in [5, 5.41) is 3.56. The monoisotopic (exact) mass is 241 g/mol. The van der Waals surface area contributed by atoms with Crippen LogP contribution < -0.4 is 5.32 Å². The number of allylic oxidation sites excluding steroid dienone is 1. The SMILES string of the molecule is C=CCCCCCC(NCC)C(CC)OCC. The van der Waals surface area contributed by atoms with E-state index in [2.05, 4.69) is 32.7 Å². The van der Waals surface area contributed by atoms with Crippen LogP contribution >= 0.6 is 0 Å². The van der Waals surface area contributed by atoms with Crippen molar-refractivity contribution >= 4 is 0 Å². The molecule has 0 aliphatic rings. The summed E-state index contributed by atoms with van der Waals surface area (Å²) in [6.07, 6.45) is 9.71. The molecule has 0 aromatic carbocycles. The number of likely N-dealkylation sites (N-methyl/N-ethyl adjacent to an activating group) is 1. The van der Waals surface area contributed by atoms with Gasteiger partial charge in [0, 0.05) is 12.6 Å². The van der Waals surface area contributed by atoms with Crippen LogP contribution in [-0.2, 0) is 4.74 Å². The number of hydrogen-bond acceptors (Lipinski definition) is 2. The maximum Gasteiger partial charge on any atom is 0.0725 e. The molecule has 0 aliphatic carbocycles. The highest BCUT2D eigenvalue weighted by atomic mass is 16.5. The topological polar surface area (TPSA) is 21.3 Å². The Bertz CT molecular complexity index is 170. The van der Waals surface area contributed by atoms with Gasteiger partial charge >= 0.3 is 0 Å². The quantitative estimate of drug-likeness (QED) is 0.413. The smallest absolute Gasteiger partial charge is 0.0725 e. The van der Waals surface area contributed by atoms with Gasteiger partial charge in [-0.1, -0.05) is 32.8 Å². The molecule has 17 heavy (non-hydrogen) atoms. The van der Waals surface area contributed by atoms with Crippen LogP contribution in [0.25, 0.3) is 0 Å². The average Bonchev–Trinajstić information content (AvgIpc) is 2.34. The molecule has 0 rings (SSSR count). The lowest BCUT2D eigenvalue weighted by molar-refractivity contribution is 0.0294. The Labute approximate surface area is 108 Å². The summed E-state index contributed by atoms with van der Waals surface area (Å²) in [7, 11) is 0. The van der Waals surface area contributed by atoms with E-state index in [1.807, 2.05) is 6.08 Å². The van der Waals surface area contributed by atoms with Gasteiger partial charge in [-0.25, -0.2) is 0 Å². The minimum absolute atomic E-state index is 0.374. The molecule has 0 saturated carbocycles. The average molecular weight is 241 g/mol. The van der Waals surface area contributed by atoms with Gasteiger partial charge in [0.15, 0.2) is 0 Å². The number of hydrogen-bond donors (Lipinski definition) is 1. The van der Waals surface area contributed by atoms with E-state index in [1.54, 1.807) is 0 Å². The first-order valence-electron chi connectivity index (χ1n) is 7.25. The molecular weight excluding hydrogens is 210 g/mol. The standard InChI is InChI=1S/C15H31NO/c1-5-9-10-11-12-13-14(16-7-3)15(6-2)17-8-4/h5,14-16H,1,6-13H2,2-4H3. The lowest BCUT2D eigenvalue weighted by Gasteiger charge is -2.27. The van der Waals surface area contributed by atoms with E-state index in [-0.39, 0.29) is 0 Å². The van der Waals surface area contributed by atoms with Gasteiger partial charge in [-0.3, -0.25) is 0 Å². The summed E-state index contributed by atoms with van der Waals surface area (Å²) in [6.45, 7) is 12.1. The Morgan fingerprint density at radius 3 is 2.47 bits per heavy atom. The Hall–Kier alpha value is -0.340. The van der Waals surface area contributed by atoms with E-state index >= 15 is 0 Å². The van der Waals surface area contributed by atoms with Gasteiger partial charge in [0.1, 0.15) is 0 Å². The van der Waals surface area contributed by atoms with E-state index < -0.39 is 0 Å². The van der Waals surface area contributed by atoms with Crippen molar-refractivity contribution in [2.75, 3.05) is 13.2 Å². The normalized spacial score (nSPS) is 14.5. The first kappa shape index (κ1) is 16.7. The van der Waals surface area contributed by atoms with Crippen LogP contribution in [-0.4, -0.2) is 25.3 Å². The fourth-order valence-corrected chi connectivity index (χ4v) is 2.24. The van der Waals surface area contributed by atoms with E-state index in [1.165, 1.54) is 25.7 Å². The fourth-order valence-electron chi connectivity index (χ4n) is 2.24. The molecule has 102 valence electrons. The Morgan fingerprint density at radius 2 is 1.94 bits per heavy atom. The zero-order valence-corrected chi connectivity index (χ0v) is 12.0. The highest BCUT2D eigenvalue weighted by molar-refractivity contribution is 4.76. The lowest BCUT2D eigenvalue weighted by Crippen LogP contribution is -2.41. The molecule has 2 unspecified atom stereocenters. The highest BCUT2D eigenvalue weighted by Crippen LogP contribution is 2.13. The minimum Gasteiger partial charge on any atom is -0.377 e. The van der Waals surface area contributed by atoms with Gasteiger partial charge in [0.05, 0.1) is 6.10 Å². The fraction of sp³-hybridized carbons (Fsp3) is 0.867. The van der Waals surface area contributed by atoms with Crippen LogP contribution in [0.5, 0.6) is 0 Å². The summed E-state index contributed by atoms with van der Waals surface area (Å²) >= 11 is 0. The highest BCUT2D eigenvalue weighted by Gasteiger charge is 2.18. The molecule has 0 aromatic heterocycles. The molecule has 0 aliphatic heterocycles. The predicted octanol–water partition coefficient (Wildman–Crippen LogP) is 3.92. The largest absolute Gasteiger partial charge is 0.377 e. The second-order valence-electron chi connectivity index (χ2n) is 4.49. The molecule has 0 spiro atoms. The van der Waals surface area contributed by atoms with Crippen molar-refractivity contribution in [1.82, 2.24) is 5.32 Å². The minimum atomic E-state index is 0.374. The second kappa shape index (κ2) is 12.1. The van der Waals surface area contributed by atoms with Crippen molar-refractivity contribution < 1.29 is 4.74 Å². The molecule has 0 bridgehead atoms. The van der Waals surface area contributed by atoms with Gasteiger partial charge in [0.2, 0.25) is 0 Å². The molecule has 2 atom stereocenters. The van der Waals surface area contributed by atoms with Crippen LogP contribution in [0.1, 0.15) is 59.3 Å². The van der Waals surface area contributed by atoms with Crippen molar-refractivity contribution in [2.45, 2.75) is 71.4 Å². The maximum absolute atomic E-state index is 5.81. The Balaban J connectivity index is 3.89. The van der Waals surface area contributed by atoms with Crippen LogP contribution in [0.2, 0.25) is 0 Å². The third-order valence-electron chi connectivity index (χ3n) is 3.12. The van der Waals surface area contributed by atoms with Crippen molar-refractivity contribution in [3.05, 3.63) is 12.7 Å². The summed E-state index contributed by atoms with van der Waals surface area (Å²) < 4.78 is 5.81. The summed E-state index contributed by atoms with van der Waals surface area (Å²) in [5.74, 6) is 0. The maximum atomic E-state index is 5.81. The summed E-state index contributed by atoms with van der Waals surface area (Å²) in [5.41, 5.74) is 0. The van der Waals surface area contributed by atoms with Crippen LogP contribution in [0.3, 0.4) is 0 Å². The van der Waals surface area contributed by atoms with E-state index in [4.69, 9.17) is 4.74 Å². The van der Waals surface area contributed by atoms with Gasteiger partial charge in [-0.05, 0) is 39.2 Å². The van der Waals surface area contributed by atoms with Crippen LogP contribution in [0, 0.1) is 0 Å². The third-order valence-corrected chi connectivity index (χ3v) is 3.12. The van der Waals surface area contributed by atoms with Gasteiger partial charge in [0.25, 0.3) is 0 Å². The Kier molecular flexibility index (Phi) is 11.9. The van der Waals surface area contributed by atoms with Gasteiger partial charge < -0.3 is 10.1 Å². The third kappa shape index (κ3) is 8.39. The van der Waals surface area contributed by atoms with Crippen molar-refractivity contribution in [2.24, 2.45) is 0 Å². The Morgan fingerprint density at radius 1 is 1.18 bits per heavy atom. The number of nitrogens with one attached hydrogen (secondary N) is 1. The zero-order valence-electron chi connectivity index (χ0n) is 12.0.